The number of alkyl halides is 3. The third-order valence-corrected chi connectivity index (χ3v) is 6.03. The smallest absolute Gasteiger partial charge is 0.462 e. The number of amides is 1. The molecule has 192 valence electrons. The number of ether oxygens (including phenoxy) is 2. The van der Waals surface area contributed by atoms with E-state index in [1.165, 1.54) is 13.0 Å². The highest BCUT2D eigenvalue weighted by atomic mass is 19.4. The predicted octanol–water partition coefficient (Wildman–Crippen LogP) is 3.95. The minimum absolute atomic E-state index is 0.0762. The Labute approximate surface area is 204 Å². The first-order chi connectivity index (χ1) is 17.0. The molecule has 1 aliphatic heterocycles. The number of nitrogens with zero attached hydrogens (tertiary/aromatic N) is 3. The molecule has 1 unspecified atom stereocenters. The average molecular weight is 505 g/mol. The van der Waals surface area contributed by atoms with Gasteiger partial charge in [-0.3, -0.25) is 9.59 Å². The molecule has 3 aromatic rings. The van der Waals surface area contributed by atoms with Crippen LogP contribution >= 0.6 is 0 Å². The van der Waals surface area contributed by atoms with Crippen molar-refractivity contribution in [3.8, 4) is 5.75 Å². The first kappa shape index (κ1) is 25.3. The fourth-order valence-electron chi connectivity index (χ4n) is 4.51. The number of imidazole rings is 1. The van der Waals surface area contributed by atoms with E-state index in [-0.39, 0.29) is 35.1 Å². The van der Waals surface area contributed by atoms with Gasteiger partial charge in [0.15, 0.2) is 5.65 Å². The number of nitrogens with one attached hydrogen (secondary N) is 1. The Hall–Kier alpha value is -3.83. The van der Waals surface area contributed by atoms with Crippen molar-refractivity contribution in [3.63, 3.8) is 0 Å². The molecule has 0 aliphatic carbocycles. The largest absolute Gasteiger partial charge is 0.573 e. The Balaban J connectivity index is 1.43. The number of nitrogens with two attached hydrogens (primary N) is 1. The van der Waals surface area contributed by atoms with Crippen LogP contribution in [0.1, 0.15) is 54.4 Å². The summed E-state index contributed by atoms with van der Waals surface area (Å²) in [6.45, 7) is 4.06. The van der Waals surface area contributed by atoms with Crippen LogP contribution in [0.15, 0.2) is 30.5 Å². The highest BCUT2D eigenvalue weighted by molar-refractivity contribution is 5.99. The summed E-state index contributed by atoms with van der Waals surface area (Å²) in [5, 5.41) is 0. The number of piperidine rings is 1. The Morgan fingerprint density at radius 3 is 2.61 bits per heavy atom. The van der Waals surface area contributed by atoms with Crippen molar-refractivity contribution >= 4 is 28.7 Å². The maximum Gasteiger partial charge on any atom is 0.573 e. The van der Waals surface area contributed by atoms with Crippen LogP contribution in [0.25, 0.3) is 11.2 Å². The maximum atomic E-state index is 13.0. The summed E-state index contributed by atoms with van der Waals surface area (Å²) >= 11 is 0. The second-order valence-corrected chi connectivity index (χ2v) is 8.77. The third kappa shape index (κ3) is 5.86. The molecule has 1 aliphatic rings. The number of nitrogen functional groups attached to an aromatic ring is 1. The Morgan fingerprint density at radius 2 is 1.97 bits per heavy atom. The van der Waals surface area contributed by atoms with Crippen LogP contribution in [-0.4, -0.2) is 57.3 Å². The van der Waals surface area contributed by atoms with Crippen LogP contribution in [0.4, 0.5) is 18.9 Å². The molecule has 0 radical (unpaired) electrons. The lowest BCUT2D eigenvalue weighted by Gasteiger charge is -2.32. The topological polar surface area (TPSA) is 123 Å². The molecule has 1 fully saturated rings. The van der Waals surface area contributed by atoms with E-state index in [0.29, 0.717) is 43.8 Å². The van der Waals surface area contributed by atoms with Crippen LogP contribution in [-0.2, 0) is 16.0 Å². The molecule has 4 rings (SSSR count). The Bertz CT molecular complexity index is 1270. The van der Waals surface area contributed by atoms with E-state index < -0.39 is 12.1 Å². The van der Waals surface area contributed by atoms with Gasteiger partial charge in [0, 0.05) is 44.4 Å². The molecule has 0 saturated carbocycles. The van der Waals surface area contributed by atoms with Crippen molar-refractivity contribution in [2.45, 2.75) is 51.5 Å². The molecule has 2 aromatic heterocycles. The van der Waals surface area contributed by atoms with E-state index in [0.717, 1.165) is 23.2 Å². The van der Waals surface area contributed by atoms with E-state index in [1.807, 2.05) is 6.07 Å². The molecular weight excluding hydrogens is 479 g/mol. The zero-order valence-corrected chi connectivity index (χ0v) is 19.8. The molecule has 12 heteroatoms. The standard InChI is InChI=1S/C24H26F3N5O4/c1-13(35-14(2)33)11-20-30-21-17(5-8-29-22(21)31-20)15-6-9-32(10-7-15)23(34)18-4-3-16(12-19(18)28)36-24(25,26)27/h3-5,8,12-13,15H,6-7,9-11,28H2,1-2H3,(H,29,30,31). The number of rotatable bonds is 6. The van der Waals surface area contributed by atoms with Gasteiger partial charge in [-0.15, -0.1) is 13.2 Å². The van der Waals surface area contributed by atoms with Gasteiger partial charge in [-0.05, 0) is 49.4 Å². The second kappa shape index (κ2) is 10.0. The molecule has 0 spiro atoms. The number of halogens is 3. The number of hydrogen-bond donors (Lipinski definition) is 2. The van der Waals surface area contributed by atoms with E-state index >= 15 is 0 Å². The molecule has 1 atom stereocenters. The van der Waals surface area contributed by atoms with Crippen molar-refractivity contribution in [2.75, 3.05) is 18.8 Å². The number of hydrogen-bond acceptors (Lipinski definition) is 7. The van der Waals surface area contributed by atoms with Crippen molar-refractivity contribution in [1.29, 1.82) is 0 Å². The molecule has 1 aromatic carbocycles. The fraction of sp³-hybridized carbons (Fsp3) is 0.417. The average Bonchev–Trinajstić information content (AvgIpc) is 3.19. The molecule has 0 bridgehead atoms. The number of H-pyrrole nitrogens is 1. The number of esters is 1. The number of benzene rings is 1. The number of pyridine rings is 1. The van der Waals surface area contributed by atoms with Gasteiger partial charge >= 0.3 is 12.3 Å². The quantitative estimate of drug-likeness (QED) is 0.384. The molecule has 1 amide bonds. The molecule has 9 nitrogen and oxygen atoms in total. The normalized spacial score (nSPS) is 15.6. The lowest BCUT2D eigenvalue weighted by molar-refractivity contribution is -0.274. The minimum Gasteiger partial charge on any atom is -0.462 e. The predicted molar refractivity (Wildman–Crippen MR) is 124 cm³/mol. The van der Waals surface area contributed by atoms with E-state index in [4.69, 9.17) is 10.5 Å². The number of carbonyl (C=O) groups is 2. The highest BCUT2D eigenvalue weighted by Gasteiger charge is 2.32. The molecule has 1 saturated heterocycles. The minimum atomic E-state index is -4.84. The van der Waals surface area contributed by atoms with Gasteiger partial charge in [0.1, 0.15) is 17.7 Å². The lowest BCUT2D eigenvalue weighted by atomic mass is 9.89. The summed E-state index contributed by atoms with van der Waals surface area (Å²) in [5.74, 6) is -0.352. The van der Waals surface area contributed by atoms with Crippen molar-refractivity contribution < 1.29 is 32.2 Å². The van der Waals surface area contributed by atoms with Crippen molar-refractivity contribution in [2.24, 2.45) is 0 Å². The lowest BCUT2D eigenvalue weighted by Crippen LogP contribution is -2.38. The van der Waals surface area contributed by atoms with Crippen LogP contribution < -0.4 is 10.5 Å². The number of fused-ring (bicyclic) bond motifs is 1. The van der Waals surface area contributed by atoms with Crippen molar-refractivity contribution in [3.05, 3.63) is 47.4 Å². The highest BCUT2D eigenvalue weighted by Crippen LogP contribution is 2.33. The van der Waals surface area contributed by atoms with Gasteiger partial charge in [-0.25, -0.2) is 9.97 Å². The second-order valence-electron chi connectivity index (χ2n) is 8.77. The van der Waals surface area contributed by atoms with E-state index in [1.54, 1.807) is 18.0 Å². The van der Waals surface area contributed by atoms with Gasteiger partial charge in [0.25, 0.3) is 5.91 Å². The summed E-state index contributed by atoms with van der Waals surface area (Å²) in [7, 11) is 0. The monoisotopic (exact) mass is 505 g/mol. The molecule has 36 heavy (non-hydrogen) atoms. The Kier molecular flexibility index (Phi) is 7.04. The first-order valence-corrected chi connectivity index (χ1v) is 11.5. The number of aromatic nitrogens is 3. The number of aromatic amines is 1. The van der Waals surface area contributed by atoms with E-state index in [9.17, 15) is 22.8 Å². The van der Waals surface area contributed by atoms with Crippen LogP contribution in [0.2, 0.25) is 0 Å². The van der Waals surface area contributed by atoms with Crippen LogP contribution in [0.3, 0.4) is 0 Å². The van der Waals surface area contributed by atoms with Crippen LogP contribution in [0, 0.1) is 0 Å². The summed E-state index contributed by atoms with van der Waals surface area (Å²) in [6.07, 6.45) is -1.69. The number of carbonyl (C=O) groups excluding carboxylic acids is 2. The first-order valence-electron chi connectivity index (χ1n) is 11.5. The summed E-state index contributed by atoms with van der Waals surface area (Å²) in [5.41, 5.74) is 8.34. The van der Waals surface area contributed by atoms with Crippen LogP contribution in [0.5, 0.6) is 5.75 Å². The number of likely N-dealkylation sites (tertiary alicyclic amines) is 1. The summed E-state index contributed by atoms with van der Waals surface area (Å²) in [4.78, 5) is 38.0. The SMILES string of the molecule is CC(=O)OC(C)Cc1nc2nccc(C3CCN(C(=O)c4ccc(OC(F)(F)F)cc4N)CC3)c2[nH]1. The van der Waals surface area contributed by atoms with Gasteiger partial charge < -0.3 is 25.1 Å². The summed E-state index contributed by atoms with van der Waals surface area (Å²) < 4.78 is 46.3. The zero-order valence-electron chi connectivity index (χ0n) is 19.8. The number of anilines is 1. The summed E-state index contributed by atoms with van der Waals surface area (Å²) in [6, 6.07) is 5.26. The molecular formula is C24H26F3N5O4. The third-order valence-electron chi connectivity index (χ3n) is 6.03. The van der Waals surface area contributed by atoms with Gasteiger partial charge in [-0.2, -0.15) is 0 Å². The maximum absolute atomic E-state index is 13.0. The molecule has 3 heterocycles. The van der Waals surface area contributed by atoms with Gasteiger partial charge in [0.2, 0.25) is 0 Å². The van der Waals surface area contributed by atoms with E-state index in [2.05, 4.69) is 19.7 Å². The zero-order chi connectivity index (χ0) is 26.0. The van der Waals surface area contributed by atoms with Crippen molar-refractivity contribution in [1.82, 2.24) is 19.9 Å². The van der Waals surface area contributed by atoms with Gasteiger partial charge in [0.05, 0.1) is 11.1 Å². The van der Waals surface area contributed by atoms with Gasteiger partial charge in [-0.1, -0.05) is 0 Å². The Morgan fingerprint density at radius 1 is 1.25 bits per heavy atom. The molecule has 3 N–H and O–H groups in total. The fourth-order valence-corrected chi connectivity index (χ4v) is 4.51.